The molecule has 0 bridgehead atoms. The zero-order valence-electron chi connectivity index (χ0n) is 5.50. The summed E-state index contributed by atoms with van der Waals surface area (Å²) in [4.78, 5) is 0. The average Bonchev–Trinajstić information content (AvgIpc) is 2.30. The zero-order valence-corrected chi connectivity index (χ0v) is 7.88. The van der Waals surface area contributed by atoms with E-state index in [2.05, 4.69) is 6.58 Å². The second-order valence-electron chi connectivity index (χ2n) is 2.19. The lowest BCUT2D eigenvalue weighted by Gasteiger charge is -2.03. The van der Waals surface area contributed by atoms with Gasteiger partial charge in [-0.25, -0.2) is 0 Å². The van der Waals surface area contributed by atoms with Gasteiger partial charge in [0.15, 0.2) is 0 Å². The van der Waals surface area contributed by atoms with Crippen LogP contribution in [0.3, 0.4) is 0 Å². The van der Waals surface area contributed by atoms with Crippen molar-refractivity contribution in [1.29, 1.82) is 0 Å². The Morgan fingerprint density at radius 1 is 1.80 bits per heavy atom. The molecule has 0 amide bonds. The molecule has 3 atom stereocenters. The molecule has 0 aromatic carbocycles. The highest BCUT2D eigenvalue weighted by Crippen LogP contribution is 2.44. The van der Waals surface area contributed by atoms with Gasteiger partial charge < -0.3 is 0 Å². The minimum atomic E-state index is 0.179. The Labute approximate surface area is 74.9 Å². The highest BCUT2D eigenvalue weighted by molar-refractivity contribution is 8.17. The van der Waals surface area contributed by atoms with Crippen molar-refractivity contribution in [3.8, 4) is 0 Å². The third-order valence-corrected chi connectivity index (χ3v) is 4.44. The lowest BCUT2D eigenvalue weighted by molar-refractivity contribution is 0.709. The van der Waals surface area contributed by atoms with Crippen LogP contribution in [-0.4, -0.2) is 9.29 Å². The number of halogens is 1. The molecular weight excluding hydrogens is 186 g/mol. The van der Waals surface area contributed by atoms with Crippen LogP contribution in [0.1, 0.15) is 6.42 Å². The maximum Gasteiger partial charge on any atom is 0.0863 e. The van der Waals surface area contributed by atoms with E-state index in [1.165, 1.54) is 11.9 Å². The van der Waals surface area contributed by atoms with E-state index >= 15 is 0 Å². The lowest BCUT2D eigenvalue weighted by Crippen LogP contribution is -2.00. The third-order valence-electron chi connectivity index (χ3n) is 1.54. The SMILES string of the molecule is C=CC1CC(SN)SC1Cl. The van der Waals surface area contributed by atoms with Gasteiger partial charge in [0, 0.05) is 5.92 Å². The maximum absolute atomic E-state index is 5.97. The molecule has 0 aromatic heterocycles. The second kappa shape index (κ2) is 3.90. The molecule has 1 rings (SSSR count). The largest absolute Gasteiger partial charge is 0.277 e. The van der Waals surface area contributed by atoms with E-state index in [0.717, 1.165) is 6.42 Å². The summed E-state index contributed by atoms with van der Waals surface area (Å²) >= 11 is 9.09. The predicted octanol–water partition coefficient (Wildman–Crippen LogP) is 2.42. The Morgan fingerprint density at radius 2 is 2.50 bits per heavy atom. The highest BCUT2D eigenvalue weighted by atomic mass is 35.5. The molecule has 3 unspecified atom stereocenters. The molecule has 1 fully saturated rings. The number of hydrogen-bond donors (Lipinski definition) is 1. The monoisotopic (exact) mass is 195 g/mol. The number of alkyl halides is 1. The lowest BCUT2D eigenvalue weighted by atomic mass is 10.1. The summed E-state index contributed by atoms with van der Waals surface area (Å²) in [7, 11) is 0. The first kappa shape index (κ1) is 8.78. The fourth-order valence-electron chi connectivity index (χ4n) is 0.922. The van der Waals surface area contributed by atoms with Crippen molar-refractivity contribution in [2.45, 2.75) is 15.7 Å². The fraction of sp³-hybridized carbons (Fsp3) is 0.667. The first-order chi connectivity index (χ1) is 4.77. The molecule has 1 aliphatic heterocycles. The smallest absolute Gasteiger partial charge is 0.0863 e. The van der Waals surface area contributed by atoms with E-state index < -0.39 is 0 Å². The van der Waals surface area contributed by atoms with E-state index in [-0.39, 0.29) is 4.71 Å². The number of rotatable bonds is 2. The van der Waals surface area contributed by atoms with Crippen LogP contribution in [0.5, 0.6) is 0 Å². The molecule has 10 heavy (non-hydrogen) atoms. The topological polar surface area (TPSA) is 26.0 Å². The van der Waals surface area contributed by atoms with Crippen LogP contribution in [0, 0.1) is 5.92 Å². The highest BCUT2D eigenvalue weighted by Gasteiger charge is 2.31. The van der Waals surface area contributed by atoms with Gasteiger partial charge in [0.05, 0.1) is 9.29 Å². The minimum absolute atomic E-state index is 0.179. The van der Waals surface area contributed by atoms with Crippen LogP contribution in [0.4, 0.5) is 0 Å². The first-order valence-electron chi connectivity index (χ1n) is 3.05. The quantitative estimate of drug-likeness (QED) is 0.417. The van der Waals surface area contributed by atoms with Crippen LogP contribution < -0.4 is 5.14 Å². The molecule has 0 aliphatic carbocycles. The van der Waals surface area contributed by atoms with Gasteiger partial charge >= 0.3 is 0 Å². The van der Waals surface area contributed by atoms with E-state index in [0.29, 0.717) is 10.5 Å². The Bertz CT molecular complexity index is 131. The van der Waals surface area contributed by atoms with Crippen molar-refractivity contribution in [1.82, 2.24) is 0 Å². The molecule has 0 spiro atoms. The minimum Gasteiger partial charge on any atom is -0.277 e. The van der Waals surface area contributed by atoms with Crippen molar-refractivity contribution < 1.29 is 0 Å². The van der Waals surface area contributed by atoms with E-state index in [9.17, 15) is 0 Å². The van der Waals surface area contributed by atoms with Crippen LogP contribution in [0.2, 0.25) is 0 Å². The maximum atomic E-state index is 5.97. The Balaban J connectivity index is 2.43. The molecular formula is C6H10ClNS2. The predicted molar refractivity (Wildman–Crippen MR) is 51.1 cm³/mol. The van der Waals surface area contributed by atoms with Gasteiger partial charge in [0.1, 0.15) is 0 Å². The summed E-state index contributed by atoms with van der Waals surface area (Å²) in [5, 5.41) is 5.42. The van der Waals surface area contributed by atoms with Crippen LogP contribution in [-0.2, 0) is 0 Å². The summed E-state index contributed by atoms with van der Waals surface area (Å²) in [5.74, 6) is 0.438. The normalized spacial score (nSPS) is 40.0. The Kier molecular flexibility index (Phi) is 3.43. The van der Waals surface area contributed by atoms with E-state index in [1.807, 2.05) is 6.08 Å². The number of hydrogen-bond acceptors (Lipinski definition) is 3. The molecule has 2 N–H and O–H groups in total. The van der Waals surface area contributed by atoms with E-state index in [4.69, 9.17) is 16.7 Å². The van der Waals surface area contributed by atoms with Gasteiger partial charge in [-0.1, -0.05) is 18.0 Å². The van der Waals surface area contributed by atoms with E-state index in [1.54, 1.807) is 11.8 Å². The Morgan fingerprint density at radius 3 is 2.80 bits per heavy atom. The van der Waals surface area contributed by atoms with Crippen molar-refractivity contribution >= 4 is 35.3 Å². The average molecular weight is 196 g/mol. The molecule has 1 saturated heterocycles. The van der Waals surface area contributed by atoms with Crippen LogP contribution in [0.15, 0.2) is 12.7 Å². The van der Waals surface area contributed by atoms with Gasteiger partial charge in [-0.3, -0.25) is 5.14 Å². The third kappa shape index (κ3) is 1.84. The fourth-order valence-corrected chi connectivity index (χ4v) is 3.68. The molecule has 1 nitrogen and oxygen atoms in total. The summed E-state index contributed by atoms with van der Waals surface area (Å²) in [6.45, 7) is 3.71. The molecule has 0 aromatic rings. The van der Waals surface area contributed by atoms with Gasteiger partial charge in [-0.2, -0.15) is 0 Å². The summed E-state index contributed by atoms with van der Waals surface area (Å²) in [6.07, 6.45) is 2.98. The Hall–Kier alpha value is 0.690. The van der Waals surface area contributed by atoms with Gasteiger partial charge in [-0.05, 0) is 6.42 Å². The molecule has 1 heterocycles. The number of thioether (sulfide) groups is 1. The molecule has 0 saturated carbocycles. The van der Waals surface area contributed by atoms with Crippen molar-refractivity contribution in [3.63, 3.8) is 0 Å². The molecule has 1 aliphatic rings. The first-order valence-corrected chi connectivity index (χ1v) is 5.37. The van der Waals surface area contributed by atoms with Gasteiger partial charge in [-0.15, -0.1) is 29.9 Å². The van der Waals surface area contributed by atoms with Crippen molar-refractivity contribution in [2.24, 2.45) is 11.1 Å². The standard InChI is InChI=1S/C6H10ClNS2/c1-2-4-3-5(10-8)9-6(4)7/h2,4-6H,1,3,8H2. The van der Waals surface area contributed by atoms with Gasteiger partial charge in [0.2, 0.25) is 0 Å². The summed E-state index contributed by atoms with van der Waals surface area (Å²) < 4.78 is 0.643. The second-order valence-corrected chi connectivity index (χ2v) is 5.41. The van der Waals surface area contributed by atoms with Crippen molar-refractivity contribution in [3.05, 3.63) is 12.7 Å². The van der Waals surface area contributed by atoms with Crippen LogP contribution >= 0.6 is 35.3 Å². The summed E-state index contributed by atoms with van der Waals surface area (Å²) in [6, 6.07) is 0. The number of nitrogens with two attached hydrogens (primary N) is 1. The van der Waals surface area contributed by atoms with Gasteiger partial charge in [0.25, 0.3) is 0 Å². The number of allylic oxidation sites excluding steroid dienone is 1. The molecule has 0 radical (unpaired) electrons. The summed E-state index contributed by atoms with van der Waals surface area (Å²) in [5.41, 5.74) is 0. The van der Waals surface area contributed by atoms with Crippen molar-refractivity contribution in [2.75, 3.05) is 0 Å². The molecule has 58 valence electrons. The molecule has 4 heteroatoms. The van der Waals surface area contributed by atoms with Crippen LogP contribution in [0.25, 0.3) is 0 Å². The zero-order chi connectivity index (χ0) is 7.56.